The lowest BCUT2D eigenvalue weighted by molar-refractivity contribution is -0.384. The molecule has 0 aliphatic rings. The van der Waals surface area contributed by atoms with Crippen molar-refractivity contribution in [2.75, 3.05) is 7.05 Å². The molecule has 0 heterocycles. The van der Waals surface area contributed by atoms with Crippen LogP contribution in [0.3, 0.4) is 0 Å². The molecule has 1 amide bonds. The average molecular weight is 391 g/mol. The number of benzene rings is 2. The molecule has 0 aliphatic heterocycles. The highest BCUT2D eigenvalue weighted by Crippen LogP contribution is 2.14. The summed E-state index contributed by atoms with van der Waals surface area (Å²) in [6.07, 6.45) is 0. The van der Waals surface area contributed by atoms with Gasteiger partial charge in [0.05, 0.1) is 16.7 Å². The Hall–Kier alpha value is -2.78. The van der Waals surface area contributed by atoms with Crippen molar-refractivity contribution in [2.24, 2.45) is 0 Å². The van der Waals surface area contributed by atoms with Gasteiger partial charge in [-0.15, -0.1) is 0 Å². The lowest BCUT2D eigenvalue weighted by Crippen LogP contribution is -2.45. The second-order valence-electron chi connectivity index (χ2n) is 6.23. The van der Waals surface area contributed by atoms with Crippen molar-refractivity contribution >= 4 is 21.6 Å². The fraction of sp³-hybridized carbons (Fsp3) is 0.278. The molecule has 0 bridgehead atoms. The van der Waals surface area contributed by atoms with Gasteiger partial charge in [0.15, 0.2) is 0 Å². The van der Waals surface area contributed by atoms with Crippen LogP contribution in [0.2, 0.25) is 0 Å². The van der Waals surface area contributed by atoms with Gasteiger partial charge in [0.1, 0.15) is 0 Å². The first-order valence-corrected chi connectivity index (χ1v) is 9.85. The molecule has 0 aliphatic carbocycles. The molecular formula is C18H21N3O5S. The van der Waals surface area contributed by atoms with Crippen LogP contribution in [0.15, 0.2) is 54.6 Å². The number of carbonyl (C=O) groups is 1. The molecular weight excluding hydrogens is 370 g/mol. The van der Waals surface area contributed by atoms with Gasteiger partial charge in [-0.05, 0) is 25.1 Å². The predicted molar refractivity (Wildman–Crippen MR) is 101 cm³/mol. The predicted octanol–water partition coefficient (Wildman–Crippen LogP) is 2.06. The summed E-state index contributed by atoms with van der Waals surface area (Å²) >= 11 is 0. The van der Waals surface area contributed by atoms with Crippen molar-refractivity contribution in [3.8, 4) is 0 Å². The Bertz CT molecular complexity index is 898. The molecule has 0 aromatic heterocycles. The van der Waals surface area contributed by atoms with E-state index in [0.29, 0.717) is 12.1 Å². The summed E-state index contributed by atoms with van der Waals surface area (Å²) in [6, 6.07) is 14.0. The molecule has 2 rings (SSSR count). The number of likely N-dealkylation sites (N-methyl/N-ethyl adjacent to an activating group) is 1. The summed E-state index contributed by atoms with van der Waals surface area (Å²) in [5, 5.41) is 10.6. The van der Waals surface area contributed by atoms with E-state index in [0.717, 1.165) is 5.56 Å². The molecule has 2 aromatic rings. The Morgan fingerprint density at radius 3 is 2.26 bits per heavy atom. The van der Waals surface area contributed by atoms with Gasteiger partial charge in [-0.1, -0.05) is 42.5 Å². The Morgan fingerprint density at radius 2 is 1.70 bits per heavy atom. The Balaban J connectivity index is 1.96. The van der Waals surface area contributed by atoms with Crippen LogP contribution in [0.25, 0.3) is 0 Å². The molecule has 0 radical (unpaired) electrons. The zero-order valence-electron chi connectivity index (χ0n) is 15.0. The number of amides is 1. The average Bonchev–Trinajstić information content (AvgIpc) is 2.61. The first-order valence-electron chi connectivity index (χ1n) is 8.20. The highest BCUT2D eigenvalue weighted by atomic mass is 32.2. The molecule has 0 fully saturated rings. The monoisotopic (exact) mass is 391 g/mol. The van der Waals surface area contributed by atoms with Crippen LogP contribution in [0, 0.1) is 10.1 Å². The fourth-order valence-electron chi connectivity index (χ4n) is 2.42. The molecule has 1 atom stereocenters. The maximum absolute atomic E-state index is 12.3. The van der Waals surface area contributed by atoms with Crippen molar-refractivity contribution in [2.45, 2.75) is 25.3 Å². The van der Waals surface area contributed by atoms with Gasteiger partial charge in [-0.2, -0.15) is 0 Å². The number of sulfonamides is 1. The number of nitro benzene ring substituents is 1. The largest absolute Gasteiger partial charge is 0.291 e. The Labute approximate surface area is 158 Å². The Morgan fingerprint density at radius 1 is 1.11 bits per heavy atom. The van der Waals surface area contributed by atoms with Crippen molar-refractivity contribution < 1.29 is 18.1 Å². The van der Waals surface area contributed by atoms with E-state index < -0.39 is 32.6 Å². The maximum Gasteiger partial charge on any atom is 0.269 e. The third-order valence-electron chi connectivity index (χ3n) is 4.08. The second-order valence-corrected chi connectivity index (χ2v) is 7.95. The van der Waals surface area contributed by atoms with Gasteiger partial charge < -0.3 is 0 Å². The van der Waals surface area contributed by atoms with Gasteiger partial charge in [0.25, 0.3) is 5.69 Å². The van der Waals surface area contributed by atoms with Crippen molar-refractivity contribution in [3.05, 3.63) is 75.8 Å². The maximum atomic E-state index is 12.3. The number of non-ortho nitro benzene ring substituents is 1. The lowest BCUT2D eigenvalue weighted by Gasteiger charge is -2.23. The lowest BCUT2D eigenvalue weighted by atomic mass is 10.2. The van der Waals surface area contributed by atoms with Crippen LogP contribution in [0.5, 0.6) is 0 Å². The quantitative estimate of drug-likeness (QED) is 0.545. The molecule has 9 heteroatoms. The van der Waals surface area contributed by atoms with Crippen LogP contribution in [-0.2, 0) is 27.1 Å². The first kappa shape index (κ1) is 20.5. The number of hydrogen-bond donors (Lipinski definition) is 1. The molecule has 0 saturated heterocycles. The smallest absolute Gasteiger partial charge is 0.269 e. The molecule has 1 N–H and O–H groups in total. The van der Waals surface area contributed by atoms with E-state index in [-0.39, 0.29) is 5.69 Å². The zero-order chi connectivity index (χ0) is 20.0. The summed E-state index contributed by atoms with van der Waals surface area (Å²) in [4.78, 5) is 24.1. The second kappa shape index (κ2) is 8.74. The number of carbonyl (C=O) groups excluding carboxylic acids is 1. The third kappa shape index (κ3) is 6.15. The topological polar surface area (TPSA) is 110 Å². The fourth-order valence-corrected chi connectivity index (χ4v) is 3.60. The molecule has 1 unspecified atom stereocenters. The van der Waals surface area contributed by atoms with E-state index in [1.807, 2.05) is 30.3 Å². The molecule has 8 nitrogen and oxygen atoms in total. The summed E-state index contributed by atoms with van der Waals surface area (Å²) in [5.41, 5.74) is 1.23. The van der Waals surface area contributed by atoms with Crippen LogP contribution in [-0.4, -0.2) is 37.2 Å². The minimum absolute atomic E-state index is 0.128. The SMILES string of the molecule is CC(C(=O)NS(=O)(=O)Cc1ccc([N+](=O)[O-])cc1)N(C)Cc1ccccc1. The van der Waals surface area contributed by atoms with Crippen molar-refractivity contribution in [3.63, 3.8) is 0 Å². The van der Waals surface area contributed by atoms with Gasteiger partial charge in [-0.25, -0.2) is 8.42 Å². The van der Waals surface area contributed by atoms with E-state index >= 15 is 0 Å². The van der Waals surface area contributed by atoms with Gasteiger partial charge in [0.2, 0.25) is 15.9 Å². The minimum atomic E-state index is -3.91. The van der Waals surface area contributed by atoms with E-state index in [1.165, 1.54) is 24.3 Å². The van der Waals surface area contributed by atoms with Crippen LogP contribution in [0.1, 0.15) is 18.1 Å². The van der Waals surface area contributed by atoms with Crippen LogP contribution < -0.4 is 4.72 Å². The Kier molecular flexibility index (Phi) is 6.65. The number of rotatable bonds is 8. The standard InChI is InChI=1S/C18H21N3O5S/c1-14(20(2)12-15-6-4-3-5-7-15)18(22)19-27(25,26)13-16-8-10-17(11-9-16)21(23)24/h3-11,14H,12-13H2,1-2H3,(H,19,22). The summed E-state index contributed by atoms with van der Waals surface area (Å²) in [7, 11) is -2.18. The van der Waals surface area contributed by atoms with E-state index in [4.69, 9.17) is 0 Å². The van der Waals surface area contributed by atoms with Gasteiger partial charge in [-0.3, -0.25) is 24.5 Å². The molecule has 0 spiro atoms. The highest BCUT2D eigenvalue weighted by molar-refractivity contribution is 7.89. The summed E-state index contributed by atoms with van der Waals surface area (Å²) in [5.74, 6) is -1.07. The molecule has 144 valence electrons. The van der Waals surface area contributed by atoms with Gasteiger partial charge in [0, 0.05) is 18.7 Å². The van der Waals surface area contributed by atoms with Crippen LogP contribution in [0.4, 0.5) is 5.69 Å². The number of nitrogens with zero attached hydrogens (tertiary/aromatic N) is 2. The summed E-state index contributed by atoms with van der Waals surface area (Å²) < 4.78 is 26.5. The molecule has 0 saturated carbocycles. The first-order chi connectivity index (χ1) is 12.7. The van der Waals surface area contributed by atoms with Gasteiger partial charge >= 0.3 is 0 Å². The third-order valence-corrected chi connectivity index (χ3v) is 5.30. The van der Waals surface area contributed by atoms with Crippen LogP contribution >= 0.6 is 0 Å². The minimum Gasteiger partial charge on any atom is -0.291 e. The number of nitro groups is 1. The van der Waals surface area contributed by atoms with E-state index in [1.54, 1.807) is 18.9 Å². The summed E-state index contributed by atoms with van der Waals surface area (Å²) in [6.45, 7) is 2.12. The van der Waals surface area contributed by atoms with E-state index in [9.17, 15) is 23.3 Å². The van der Waals surface area contributed by atoms with Crippen molar-refractivity contribution in [1.82, 2.24) is 9.62 Å². The molecule has 2 aromatic carbocycles. The number of hydrogen-bond acceptors (Lipinski definition) is 6. The number of nitrogens with one attached hydrogen (secondary N) is 1. The highest BCUT2D eigenvalue weighted by Gasteiger charge is 2.23. The zero-order valence-corrected chi connectivity index (χ0v) is 15.8. The normalized spacial score (nSPS) is 12.6. The molecule has 27 heavy (non-hydrogen) atoms. The van der Waals surface area contributed by atoms with E-state index in [2.05, 4.69) is 4.72 Å². The van der Waals surface area contributed by atoms with Crippen molar-refractivity contribution in [1.29, 1.82) is 0 Å².